The van der Waals surface area contributed by atoms with Crippen molar-refractivity contribution in [1.29, 1.82) is 0 Å². The van der Waals surface area contributed by atoms with E-state index < -0.39 is 23.9 Å². The van der Waals surface area contributed by atoms with Crippen LogP contribution < -0.4 is 5.73 Å². The molecule has 0 aliphatic rings. The molecular formula is C12H16F3NO2. The van der Waals surface area contributed by atoms with Gasteiger partial charge in [0.05, 0.1) is 18.3 Å². The maximum atomic E-state index is 12.7. The zero-order valence-electron chi connectivity index (χ0n) is 9.95. The third-order valence-corrected chi connectivity index (χ3v) is 2.53. The minimum absolute atomic E-state index is 0.0148. The smallest absolute Gasteiger partial charge is 0.388 e. The van der Waals surface area contributed by atoms with Crippen molar-refractivity contribution >= 4 is 0 Å². The van der Waals surface area contributed by atoms with Gasteiger partial charge in [0, 0.05) is 13.2 Å². The molecular weight excluding hydrogens is 247 g/mol. The van der Waals surface area contributed by atoms with Crippen molar-refractivity contribution in [2.24, 2.45) is 5.73 Å². The number of alkyl halides is 3. The fourth-order valence-electron chi connectivity index (χ4n) is 1.74. The zero-order chi connectivity index (χ0) is 13.8. The molecule has 0 bridgehead atoms. The molecule has 0 aromatic heterocycles. The van der Waals surface area contributed by atoms with E-state index in [4.69, 9.17) is 10.5 Å². The fourth-order valence-corrected chi connectivity index (χ4v) is 1.74. The molecule has 0 fully saturated rings. The molecule has 0 saturated carbocycles. The maximum Gasteiger partial charge on any atom is 0.416 e. The summed E-state index contributed by atoms with van der Waals surface area (Å²) in [5.74, 6) is 0. The van der Waals surface area contributed by atoms with Crippen LogP contribution in [0.1, 0.15) is 23.7 Å². The molecule has 0 aliphatic heterocycles. The molecule has 3 N–H and O–H groups in total. The van der Waals surface area contributed by atoms with Crippen LogP contribution in [0.3, 0.4) is 0 Å². The van der Waals surface area contributed by atoms with Gasteiger partial charge >= 0.3 is 6.18 Å². The Bertz CT molecular complexity index is 382. The second kappa shape index (κ2) is 6.17. The van der Waals surface area contributed by atoms with Crippen LogP contribution in [0.5, 0.6) is 0 Å². The van der Waals surface area contributed by atoms with Gasteiger partial charge in [-0.2, -0.15) is 13.2 Å². The minimum atomic E-state index is -4.48. The van der Waals surface area contributed by atoms with Crippen molar-refractivity contribution in [3.05, 3.63) is 35.4 Å². The molecule has 0 spiro atoms. The molecule has 3 nitrogen and oxygen atoms in total. The summed E-state index contributed by atoms with van der Waals surface area (Å²) in [6, 6.07) is 4.43. The molecule has 2 unspecified atom stereocenters. The zero-order valence-corrected chi connectivity index (χ0v) is 9.95. The molecule has 0 radical (unpaired) electrons. The van der Waals surface area contributed by atoms with Crippen LogP contribution in [0.15, 0.2) is 24.3 Å². The van der Waals surface area contributed by atoms with Crippen LogP contribution in [0.4, 0.5) is 13.2 Å². The quantitative estimate of drug-likeness (QED) is 0.855. The predicted molar refractivity (Wildman–Crippen MR) is 60.9 cm³/mol. The summed E-state index contributed by atoms with van der Waals surface area (Å²) < 4.78 is 43.0. The highest BCUT2D eigenvalue weighted by molar-refractivity contribution is 5.31. The number of hydrogen-bond donors (Lipinski definition) is 2. The lowest BCUT2D eigenvalue weighted by Gasteiger charge is -2.20. The van der Waals surface area contributed by atoms with Crippen molar-refractivity contribution in [3.8, 4) is 0 Å². The number of benzene rings is 1. The van der Waals surface area contributed by atoms with Crippen molar-refractivity contribution < 1.29 is 23.0 Å². The molecule has 0 aliphatic carbocycles. The summed E-state index contributed by atoms with van der Waals surface area (Å²) in [6.07, 6.45) is -5.72. The molecule has 1 rings (SSSR count). The Morgan fingerprint density at radius 3 is 2.50 bits per heavy atom. The fraction of sp³-hybridized carbons (Fsp3) is 0.500. The van der Waals surface area contributed by atoms with Crippen LogP contribution in [0.2, 0.25) is 0 Å². The second-order valence-electron chi connectivity index (χ2n) is 4.05. The average molecular weight is 263 g/mol. The highest BCUT2D eigenvalue weighted by Gasteiger charge is 2.34. The molecule has 102 valence electrons. The van der Waals surface area contributed by atoms with E-state index in [0.29, 0.717) is 0 Å². The lowest BCUT2D eigenvalue weighted by molar-refractivity contribution is -0.139. The van der Waals surface area contributed by atoms with E-state index in [2.05, 4.69) is 0 Å². The van der Waals surface area contributed by atoms with Gasteiger partial charge in [-0.05, 0) is 18.1 Å². The first kappa shape index (κ1) is 14.9. The molecule has 6 heteroatoms. The lowest BCUT2D eigenvalue weighted by Crippen LogP contribution is -2.28. The number of rotatable bonds is 5. The number of hydrogen-bond acceptors (Lipinski definition) is 3. The summed E-state index contributed by atoms with van der Waals surface area (Å²) in [4.78, 5) is 0. The largest absolute Gasteiger partial charge is 0.416 e. The Kier molecular flexibility index (Phi) is 5.13. The maximum absolute atomic E-state index is 12.7. The summed E-state index contributed by atoms with van der Waals surface area (Å²) in [5.41, 5.74) is 4.63. The molecule has 18 heavy (non-hydrogen) atoms. The molecule has 0 saturated heterocycles. The van der Waals surface area contributed by atoms with E-state index >= 15 is 0 Å². The molecule has 2 atom stereocenters. The standard InChI is InChI=1S/C12H16F3NO2/c1-18-7-8(16)6-11(17)9-4-2-3-5-10(9)12(13,14)15/h2-5,8,11,17H,6-7,16H2,1H3. The van der Waals surface area contributed by atoms with Gasteiger partial charge in [0.2, 0.25) is 0 Å². The summed E-state index contributed by atoms with van der Waals surface area (Å²) >= 11 is 0. The summed E-state index contributed by atoms with van der Waals surface area (Å²) in [5, 5.41) is 9.83. The first-order chi connectivity index (χ1) is 8.36. The van der Waals surface area contributed by atoms with E-state index in [9.17, 15) is 18.3 Å². The summed E-state index contributed by atoms with van der Waals surface area (Å²) in [7, 11) is 1.44. The first-order valence-electron chi connectivity index (χ1n) is 5.45. The monoisotopic (exact) mass is 263 g/mol. The number of aliphatic hydroxyl groups is 1. The third-order valence-electron chi connectivity index (χ3n) is 2.53. The van der Waals surface area contributed by atoms with Crippen LogP contribution in [-0.4, -0.2) is 24.9 Å². The van der Waals surface area contributed by atoms with Gasteiger partial charge in [-0.3, -0.25) is 0 Å². The van der Waals surface area contributed by atoms with Gasteiger partial charge in [-0.1, -0.05) is 18.2 Å². The predicted octanol–water partition coefficient (Wildman–Crippen LogP) is 2.10. The third kappa shape index (κ3) is 3.97. The van der Waals surface area contributed by atoms with Gasteiger partial charge in [0.25, 0.3) is 0 Å². The highest BCUT2D eigenvalue weighted by atomic mass is 19.4. The average Bonchev–Trinajstić information content (AvgIpc) is 2.28. The van der Waals surface area contributed by atoms with E-state index in [-0.39, 0.29) is 18.6 Å². The van der Waals surface area contributed by atoms with E-state index in [1.807, 2.05) is 0 Å². The van der Waals surface area contributed by atoms with E-state index in [0.717, 1.165) is 6.07 Å². The van der Waals surface area contributed by atoms with Gasteiger partial charge < -0.3 is 15.6 Å². The molecule has 0 amide bonds. The Morgan fingerprint density at radius 1 is 1.33 bits per heavy atom. The van der Waals surface area contributed by atoms with Crippen molar-refractivity contribution in [2.75, 3.05) is 13.7 Å². The van der Waals surface area contributed by atoms with Crippen molar-refractivity contribution in [1.82, 2.24) is 0 Å². The van der Waals surface area contributed by atoms with Crippen LogP contribution in [0.25, 0.3) is 0 Å². The van der Waals surface area contributed by atoms with E-state index in [1.54, 1.807) is 0 Å². The van der Waals surface area contributed by atoms with Gasteiger partial charge in [0.15, 0.2) is 0 Å². The number of aliphatic hydroxyl groups excluding tert-OH is 1. The van der Waals surface area contributed by atoms with Gasteiger partial charge in [0.1, 0.15) is 0 Å². The SMILES string of the molecule is COCC(N)CC(O)c1ccccc1C(F)(F)F. The van der Waals surface area contributed by atoms with Crippen LogP contribution >= 0.6 is 0 Å². The first-order valence-corrected chi connectivity index (χ1v) is 5.45. The Labute approximate surface area is 103 Å². The lowest BCUT2D eigenvalue weighted by atomic mass is 9.97. The molecule has 1 aromatic rings. The second-order valence-corrected chi connectivity index (χ2v) is 4.05. The van der Waals surface area contributed by atoms with Crippen molar-refractivity contribution in [3.63, 3.8) is 0 Å². The van der Waals surface area contributed by atoms with Crippen molar-refractivity contribution in [2.45, 2.75) is 24.7 Å². The van der Waals surface area contributed by atoms with Crippen LogP contribution in [0, 0.1) is 0 Å². The van der Waals surface area contributed by atoms with Crippen LogP contribution in [-0.2, 0) is 10.9 Å². The normalized spacial score (nSPS) is 15.4. The van der Waals surface area contributed by atoms with Gasteiger partial charge in [-0.15, -0.1) is 0 Å². The topological polar surface area (TPSA) is 55.5 Å². The Morgan fingerprint density at radius 2 is 1.94 bits per heavy atom. The minimum Gasteiger partial charge on any atom is -0.388 e. The summed E-state index contributed by atoms with van der Waals surface area (Å²) in [6.45, 7) is 0.186. The van der Waals surface area contributed by atoms with Gasteiger partial charge in [-0.25, -0.2) is 0 Å². The van der Waals surface area contributed by atoms with E-state index in [1.165, 1.54) is 25.3 Å². The highest BCUT2D eigenvalue weighted by Crippen LogP contribution is 2.35. The molecule has 1 aromatic carbocycles. The number of ether oxygens (including phenoxy) is 1. The number of methoxy groups -OCH3 is 1. The number of nitrogens with two attached hydrogens (primary N) is 1. The Balaban J connectivity index is 2.89. The number of halogens is 3. The molecule has 0 heterocycles. The Hall–Kier alpha value is -1.11.